The van der Waals surface area contributed by atoms with Gasteiger partial charge in [-0.25, -0.2) is 0 Å². The molecule has 0 aromatic heterocycles. The summed E-state index contributed by atoms with van der Waals surface area (Å²) in [6.07, 6.45) is 0. The van der Waals surface area contributed by atoms with Gasteiger partial charge in [0, 0.05) is 18.3 Å². The fourth-order valence-corrected chi connectivity index (χ4v) is 2.52. The van der Waals surface area contributed by atoms with Crippen molar-refractivity contribution in [2.45, 2.75) is 26.3 Å². The molecule has 128 valence electrons. The van der Waals surface area contributed by atoms with Gasteiger partial charge in [0.1, 0.15) is 5.75 Å². The molecule has 0 saturated carbocycles. The van der Waals surface area contributed by atoms with Gasteiger partial charge in [0.05, 0.1) is 13.7 Å². The molecule has 0 atom stereocenters. The van der Waals surface area contributed by atoms with Crippen molar-refractivity contribution in [3.8, 4) is 5.75 Å². The number of nitrogens with zero attached hydrogens (tertiary/aromatic N) is 1. The molecule has 0 aliphatic heterocycles. The Kier molecular flexibility index (Phi) is 6.38. The van der Waals surface area contributed by atoms with Crippen LogP contribution in [-0.4, -0.2) is 31.5 Å². The normalized spacial score (nSPS) is 10.9. The highest BCUT2D eigenvalue weighted by Gasteiger charge is 2.08. The molecule has 4 nitrogen and oxygen atoms in total. The van der Waals surface area contributed by atoms with Crippen LogP contribution in [0.5, 0.6) is 5.75 Å². The Balaban J connectivity index is 1.86. The van der Waals surface area contributed by atoms with Crippen LogP contribution in [0.25, 0.3) is 0 Å². The highest BCUT2D eigenvalue weighted by Crippen LogP contribution is 2.17. The van der Waals surface area contributed by atoms with Crippen molar-refractivity contribution >= 4 is 11.6 Å². The number of anilines is 1. The minimum absolute atomic E-state index is 0.0375. The first-order valence-electron chi connectivity index (χ1n) is 8.19. The van der Waals surface area contributed by atoms with E-state index in [9.17, 15) is 4.79 Å². The summed E-state index contributed by atoms with van der Waals surface area (Å²) in [6, 6.07) is 15.9. The van der Waals surface area contributed by atoms with Crippen molar-refractivity contribution < 1.29 is 9.53 Å². The molecule has 0 aliphatic carbocycles. The van der Waals surface area contributed by atoms with Crippen LogP contribution in [0.1, 0.15) is 30.9 Å². The zero-order chi connectivity index (χ0) is 17.5. The molecule has 24 heavy (non-hydrogen) atoms. The Labute approximate surface area is 144 Å². The molecule has 0 fully saturated rings. The highest BCUT2D eigenvalue weighted by molar-refractivity contribution is 5.92. The number of hydrogen-bond acceptors (Lipinski definition) is 3. The highest BCUT2D eigenvalue weighted by atomic mass is 16.5. The van der Waals surface area contributed by atoms with Gasteiger partial charge in [-0.2, -0.15) is 0 Å². The third kappa shape index (κ3) is 5.39. The molecule has 0 unspecified atom stereocenters. The topological polar surface area (TPSA) is 41.6 Å². The van der Waals surface area contributed by atoms with Gasteiger partial charge in [-0.15, -0.1) is 0 Å². The Bertz CT molecular complexity index is 666. The lowest BCUT2D eigenvalue weighted by Gasteiger charge is -2.17. The summed E-state index contributed by atoms with van der Waals surface area (Å²) >= 11 is 0. The maximum Gasteiger partial charge on any atom is 0.238 e. The summed E-state index contributed by atoms with van der Waals surface area (Å²) in [5.41, 5.74) is 3.28. The Morgan fingerprint density at radius 2 is 1.88 bits per heavy atom. The van der Waals surface area contributed by atoms with E-state index in [1.807, 2.05) is 36.2 Å². The molecule has 0 bridgehead atoms. The van der Waals surface area contributed by atoms with E-state index in [-0.39, 0.29) is 5.91 Å². The summed E-state index contributed by atoms with van der Waals surface area (Å²) in [5.74, 6) is 1.22. The monoisotopic (exact) mass is 326 g/mol. The maximum absolute atomic E-state index is 12.2. The van der Waals surface area contributed by atoms with Gasteiger partial charge in [0.15, 0.2) is 0 Å². The SMILES string of the molecule is COc1cccc(NC(=O)CN(C)Cc2ccc(C(C)C)cc2)c1. The van der Waals surface area contributed by atoms with E-state index < -0.39 is 0 Å². The average Bonchev–Trinajstić information content (AvgIpc) is 2.55. The van der Waals surface area contributed by atoms with Crippen molar-refractivity contribution in [2.75, 3.05) is 26.0 Å². The molecule has 0 heterocycles. The number of hydrogen-bond donors (Lipinski definition) is 1. The third-order valence-corrected chi connectivity index (χ3v) is 3.87. The molecular formula is C20H26N2O2. The molecule has 0 radical (unpaired) electrons. The zero-order valence-corrected chi connectivity index (χ0v) is 14.9. The summed E-state index contributed by atoms with van der Waals surface area (Å²) in [6.45, 7) is 5.45. The van der Waals surface area contributed by atoms with Gasteiger partial charge in [0.25, 0.3) is 0 Å². The van der Waals surface area contributed by atoms with Crippen molar-refractivity contribution in [2.24, 2.45) is 0 Å². The van der Waals surface area contributed by atoms with E-state index >= 15 is 0 Å². The van der Waals surface area contributed by atoms with Gasteiger partial charge in [-0.3, -0.25) is 9.69 Å². The van der Waals surface area contributed by atoms with E-state index in [2.05, 4.69) is 43.4 Å². The predicted molar refractivity (Wildman–Crippen MR) is 98.5 cm³/mol. The maximum atomic E-state index is 12.2. The van der Waals surface area contributed by atoms with E-state index in [0.717, 1.165) is 18.0 Å². The molecule has 0 spiro atoms. The van der Waals surface area contributed by atoms with Crippen LogP contribution in [-0.2, 0) is 11.3 Å². The Hall–Kier alpha value is -2.33. The molecule has 2 aromatic carbocycles. The van der Waals surface area contributed by atoms with Crippen LogP contribution >= 0.6 is 0 Å². The third-order valence-electron chi connectivity index (χ3n) is 3.87. The van der Waals surface area contributed by atoms with Crippen molar-refractivity contribution in [3.05, 3.63) is 59.7 Å². The van der Waals surface area contributed by atoms with Gasteiger partial charge < -0.3 is 10.1 Å². The molecule has 4 heteroatoms. The first-order chi connectivity index (χ1) is 11.5. The standard InChI is InChI=1S/C20H26N2O2/c1-15(2)17-10-8-16(9-11-17)13-22(3)14-20(23)21-18-6-5-7-19(12-18)24-4/h5-12,15H,13-14H2,1-4H3,(H,21,23). The van der Waals surface area contributed by atoms with Crippen LogP contribution in [0.4, 0.5) is 5.69 Å². The molecule has 2 aromatic rings. The lowest BCUT2D eigenvalue weighted by molar-refractivity contribution is -0.117. The van der Waals surface area contributed by atoms with Gasteiger partial charge in [0.2, 0.25) is 5.91 Å². The number of amides is 1. The molecule has 1 amide bonds. The second-order valence-electron chi connectivity index (χ2n) is 6.35. The number of nitrogens with one attached hydrogen (secondary N) is 1. The number of carbonyl (C=O) groups is 1. The number of benzene rings is 2. The lowest BCUT2D eigenvalue weighted by Crippen LogP contribution is -2.29. The predicted octanol–water partition coefficient (Wildman–Crippen LogP) is 3.89. The molecule has 1 N–H and O–H groups in total. The molecule has 0 aliphatic rings. The second-order valence-corrected chi connectivity index (χ2v) is 6.35. The first kappa shape index (κ1) is 18.0. The van der Waals surface area contributed by atoms with E-state index in [1.54, 1.807) is 7.11 Å². The number of rotatable bonds is 7. The van der Waals surface area contributed by atoms with Crippen molar-refractivity contribution in [1.82, 2.24) is 4.90 Å². The van der Waals surface area contributed by atoms with Crippen molar-refractivity contribution in [1.29, 1.82) is 0 Å². The van der Waals surface area contributed by atoms with Crippen LogP contribution < -0.4 is 10.1 Å². The molecular weight excluding hydrogens is 300 g/mol. The van der Waals surface area contributed by atoms with E-state index in [1.165, 1.54) is 11.1 Å². The van der Waals surface area contributed by atoms with Gasteiger partial charge in [-0.05, 0) is 36.2 Å². The van der Waals surface area contributed by atoms with Gasteiger partial charge >= 0.3 is 0 Å². The Morgan fingerprint density at radius 1 is 1.17 bits per heavy atom. The fourth-order valence-electron chi connectivity index (χ4n) is 2.52. The summed E-state index contributed by atoms with van der Waals surface area (Å²) in [7, 11) is 3.56. The minimum Gasteiger partial charge on any atom is -0.497 e. The number of carbonyl (C=O) groups excluding carboxylic acids is 1. The summed E-state index contributed by atoms with van der Waals surface area (Å²) < 4.78 is 5.16. The second kappa shape index (κ2) is 8.50. The van der Waals surface area contributed by atoms with Crippen molar-refractivity contribution in [3.63, 3.8) is 0 Å². The average molecular weight is 326 g/mol. The molecule has 2 rings (SSSR count). The van der Waals surface area contributed by atoms with Crippen LogP contribution in [0.15, 0.2) is 48.5 Å². The van der Waals surface area contributed by atoms with E-state index in [0.29, 0.717) is 12.5 Å². The summed E-state index contributed by atoms with van der Waals surface area (Å²) in [5, 5.41) is 2.90. The summed E-state index contributed by atoms with van der Waals surface area (Å²) in [4.78, 5) is 14.2. The smallest absolute Gasteiger partial charge is 0.238 e. The lowest BCUT2D eigenvalue weighted by atomic mass is 10.0. The quantitative estimate of drug-likeness (QED) is 0.839. The van der Waals surface area contributed by atoms with Gasteiger partial charge in [-0.1, -0.05) is 44.2 Å². The number of likely N-dealkylation sites (N-methyl/N-ethyl adjacent to an activating group) is 1. The van der Waals surface area contributed by atoms with E-state index in [4.69, 9.17) is 4.74 Å². The number of methoxy groups -OCH3 is 1. The van der Waals surface area contributed by atoms with Crippen LogP contribution in [0, 0.1) is 0 Å². The molecule has 0 saturated heterocycles. The Morgan fingerprint density at radius 3 is 2.50 bits per heavy atom. The fraction of sp³-hybridized carbons (Fsp3) is 0.350. The van der Waals surface area contributed by atoms with Crippen LogP contribution in [0.3, 0.4) is 0 Å². The largest absolute Gasteiger partial charge is 0.497 e. The van der Waals surface area contributed by atoms with Crippen LogP contribution in [0.2, 0.25) is 0 Å². The number of ether oxygens (including phenoxy) is 1. The zero-order valence-electron chi connectivity index (χ0n) is 14.9. The minimum atomic E-state index is -0.0375. The first-order valence-corrected chi connectivity index (χ1v) is 8.19.